The number of carbonyl (C=O) groups excluding carboxylic acids is 1. The minimum absolute atomic E-state index is 0.145. The molecular weight excluding hydrogens is 244 g/mol. The van der Waals surface area contributed by atoms with Gasteiger partial charge in [-0.05, 0) is 43.5 Å². The minimum atomic E-state index is 0.145. The van der Waals surface area contributed by atoms with E-state index in [0.29, 0.717) is 5.75 Å². The number of hydrogen-bond acceptors (Lipinski definition) is 3. The quantitative estimate of drug-likeness (QED) is 0.740. The third kappa shape index (κ3) is 4.70. The van der Waals surface area contributed by atoms with E-state index >= 15 is 0 Å². The lowest BCUT2D eigenvalue weighted by Gasteiger charge is -2.05. The predicted molar refractivity (Wildman–Crippen MR) is 75.7 cm³/mol. The Morgan fingerprint density at radius 1 is 1.33 bits per heavy atom. The molecule has 3 nitrogen and oxygen atoms in total. The molecule has 0 aromatic heterocycles. The third-order valence-electron chi connectivity index (χ3n) is 2.96. The van der Waals surface area contributed by atoms with Crippen molar-refractivity contribution in [2.24, 2.45) is 5.92 Å². The summed E-state index contributed by atoms with van der Waals surface area (Å²) in [6.07, 6.45) is 2.56. The summed E-state index contributed by atoms with van der Waals surface area (Å²) in [5.41, 5.74) is 1.26. The molecule has 0 bridgehead atoms. The molecule has 2 rings (SSSR count). The number of amides is 1. The summed E-state index contributed by atoms with van der Waals surface area (Å²) in [7, 11) is 1.94. The highest BCUT2D eigenvalue weighted by molar-refractivity contribution is 8.00. The highest BCUT2D eigenvalue weighted by atomic mass is 32.2. The Kier molecular flexibility index (Phi) is 5.08. The summed E-state index contributed by atoms with van der Waals surface area (Å²) in [4.78, 5) is 12.7. The van der Waals surface area contributed by atoms with Crippen LogP contribution in [0.2, 0.25) is 0 Å². The van der Waals surface area contributed by atoms with Crippen LogP contribution in [-0.4, -0.2) is 25.3 Å². The van der Waals surface area contributed by atoms with E-state index in [1.54, 1.807) is 11.8 Å². The Hall–Kier alpha value is -1.00. The minimum Gasteiger partial charge on any atom is -0.355 e. The molecule has 98 valence electrons. The van der Waals surface area contributed by atoms with E-state index < -0.39 is 0 Å². The highest BCUT2D eigenvalue weighted by Gasteiger charge is 2.21. The van der Waals surface area contributed by atoms with Gasteiger partial charge >= 0.3 is 0 Å². The number of nitrogens with one attached hydrogen (secondary N) is 2. The molecule has 0 aliphatic heterocycles. The molecule has 1 aromatic rings. The molecule has 1 saturated carbocycles. The first-order valence-corrected chi connectivity index (χ1v) is 7.39. The van der Waals surface area contributed by atoms with Crippen molar-refractivity contribution in [2.75, 3.05) is 19.3 Å². The van der Waals surface area contributed by atoms with Gasteiger partial charge in [-0.15, -0.1) is 11.8 Å². The maximum atomic E-state index is 11.6. The number of benzene rings is 1. The van der Waals surface area contributed by atoms with E-state index in [2.05, 4.69) is 34.9 Å². The zero-order chi connectivity index (χ0) is 12.8. The predicted octanol–water partition coefficient (Wildman–Crippen LogP) is 2.02. The number of carbonyl (C=O) groups is 1. The van der Waals surface area contributed by atoms with Crippen molar-refractivity contribution in [2.45, 2.75) is 24.3 Å². The molecule has 0 heterocycles. The average Bonchev–Trinajstić information content (AvgIpc) is 3.20. The van der Waals surface area contributed by atoms with Crippen LogP contribution < -0.4 is 10.6 Å². The van der Waals surface area contributed by atoms with Gasteiger partial charge in [-0.2, -0.15) is 0 Å². The van der Waals surface area contributed by atoms with Crippen molar-refractivity contribution in [1.82, 2.24) is 10.6 Å². The Morgan fingerprint density at radius 2 is 2.06 bits per heavy atom. The van der Waals surface area contributed by atoms with Crippen LogP contribution in [-0.2, 0) is 11.3 Å². The third-order valence-corrected chi connectivity index (χ3v) is 3.97. The molecule has 1 aromatic carbocycles. The maximum absolute atomic E-state index is 11.6. The van der Waals surface area contributed by atoms with Crippen LogP contribution >= 0.6 is 11.8 Å². The number of thioether (sulfide) groups is 1. The topological polar surface area (TPSA) is 41.1 Å². The monoisotopic (exact) mass is 264 g/mol. The fourth-order valence-electron chi connectivity index (χ4n) is 1.69. The van der Waals surface area contributed by atoms with E-state index in [0.717, 1.165) is 23.9 Å². The Labute approximate surface area is 113 Å². The van der Waals surface area contributed by atoms with Crippen LogP contribution in [0.1, 0.15) is 18.4 Å². The van der Waals surface area contributed by atoms with Crippen LogP contribution in [0.4, 0.5) is 0 Å². The summed E-state index contributed by atoms with van der Waals surface area (Å²) >= 11 is 1.59. The molecule has 1 fully saturated rings. The fourth-order valence-corrected chi connectivity index (χ4v) is 2.42. The summed E-state index contributed by atoms with van der Waals surface area (Å²) in [5.74, 6) is 1.41. The molecule has 0 radical (unpaired) electrons. The molecule has 1 aliphatic carbocycles. The van der Waals surface area contributed by atoms with Crippen molar-refractivity contribution in [3.8, 4) is 0 Å². The smallest absolute Gasteiger partial charge is 0.230 e. The zero-order valence-electron chi connectivity index (χ0n) is 10.7. The first-order chi connectivity index (χ1) is 8.78. The van der Waals surface area contributed by atoms with Gasteiger partial charge in [-0.3, -0.25) is 4.79 Å². The van der Waals surface area contributed by atoms with Crippen LogP contribution in [0.5, 0.6) is 0 Å². The number of hydrogen-bond donors (Lipinski definition) is 2. The standard InChI is InChI=1S/C14H20N2OS/c1-15-8-11-4-6-13(7-5-11)18-10-14(17)16-9-12-2-3-12/h4-7,12,15H,2-3,8-10H2,1H3,(H,16,17). The van der Waals surface area contributed by atoms with Gasteiger partial charge < -0.3 is 10.6 Å². The molecule has 0 saturated heterocycles. The Morgan fingerprint density at radius 3 is 2.67 bits per heavy atom. The zero-order valence-corrected chi connectivity index (χ0v) is 11.6. The van der Waals surface area contributed by atoms with E-state index in [1.807, 2.05) is 7.05 Å². The van der Waals surface area contributed by atoms with Gasteiger partial charge in [0.2, 0.25) is 5.91 Å². The molecule has 4 heteroatoms. The van der Waals surface area contributed by atoms with Gasteiger partial charge in [0.05, 0.1) is 5.75 Å². The number of rotatable bonds is 7. The van der Waals surface area contributed by atoms with E-state index in [1.165, 1.54) is 18.4 Å². The lowest BCUT2D eigenvalue weighted by molar-refractivity contribution is -0.118. The molecule has 18 heavy (non-hydrogen) atoms. The van der Waals surface area contributed by atoms with Crippen LogP contribution in [0, 0.1) is 5.92 Å². The first-order valence-electron chi connectivity index (χ1n) is 6.41. The maximum Gasteiger partial charge on any atom is 0.230 e. The normalized spacial score (nSPS) is 14.5. The summed E-state index contributed by atoms with van der Waals surface area (Å²) in [5, 5.41) is 6.09. The molecule has 2 N–H and O–H groups in total. The van der Waals surface area contributed by atoms with Gasteiger partial charge in [0.15, 0.2) is 0 Å². The van der Waals surface area contributed by atoms with E-state index in [-0.39, 0.29) is 5.91 Å². The van der Waals surface area contributed by atoms with Crippen molar-refractivity contribution >= 4 is 17.7 Å². The van der Waals surface area contributed by atoms with Crippen LogP contribution in [0.15, 0.2) is 29.2 Å². The molecule has 0 atom stereocenters. The van der Waals surface area contributed by atoms with E-state index in [4.69, 9.17) is 0 Å². The summed E-state index contributed by atoms with van der Waals surface area (Å²) in [6, 6.07) is 8.35. The molecule has 1 amide bonds. The average molecular weight is 264 g/mol. The highest BCUT2D eigenvalue weighted by Crippen LogP contribution is 2.27. The van der Waals surface area contributed by atoms with Crippen molar-refractivity contribution in [1.29, 1.82) is 0 Å². The fraction of sp³-hybridized carbons (Fsp3) is 0.500. The van der Waals surface area contributed by atoms with Gasteiger partial charge in [0, 0.05) is 18.0 Å². The van der Waals surface area contributed by atoms with Gasteiger partial charge in [0.1, 0.15) is 0 Å². The summed E-state index contributed by atoms with van der Waals surface area (Å²) in [6.45, 7) is 1.74. The van der Waals surface area contributed by atoms with Gasteiger partial charge in [0.25, 0.3) is 0 Å². The van der Waals surface area contributed by atoms with Gasteiger partial charge in [-0.25, -0.2) is 0 Å². The molecule has 1 aliphatic rings. The van der Waals surface area contributed by atoms with Crippen molar-refractivity contribution < 1.29 is 4.79 Å². The van der Waals surface area contributed by atoms with Crippen LogP contribution in [0.25, 0.3) is 0 Å². The second-order valence-corrected chi connectivity index (χ2v) is 5.76. The van der Waals surface area contributed by atoms with Crippen molar-refractivity contribution in [3.05, 3.63) is 29.8 Å². The van der Waals surface area contributed by atoms with Crippen molar-refractivity contribution in [3.63, 3.8) is 0 Å². The first kappa shape index (κ1) is 13.4. The largest absolute Gasteiger partial charge is 0.355 e. The second-order valence-electron chi connectivity index (χ2n) is 4.71. The molecular formula is C14H20N2OS. The Balaban J connectivity index is 1.69. The van der Waals surface area contributed by atoms with Gasteiger partial charge in [-0.1, -0.05) is 12.1 Å². The lowest BCUT2D eigenvalue weighted by atomic mass is 10.2. The lowest BCUT2D eigenvalue weighted by Crippen LogP contribution is -2.27. The molecule has 0 spiro atoms. The Bertz CT molecular complexity index is 387. The molecule has 0 unspecified atom stereocenters. The SMILES string of the molecule is CNCc1ccc(SCC(=O)NCC2CC2)cc1. The van der Waals surface area contributed by atoms with E-state index in [9.17, 15) is 4.79 Å². The summed E-state index contributed by atoms with van der Waals surface area (Å²) < 4.78 is 0. The second kappa shape index (κ2) is 6.81. The van der Waals surface area contributed by atoms with Crippen LogP contribution in [0.3, 0.4) is 0 Å².